The lowest BCUT2D eigenvalue weighted by Gasteiger charge is -2.30. The van der Waals surface area contributed by atoms with Crippen LogP contribution in [0.1, 0.15) is 36.2 Å². The van der Waals surface area contributed by atoms with Gasteiger partial charge in [0.2, 0.25) is 11.8 Å². The summed E-state index contributed by atoms with van der Waals surface area (Å²) in [4.78, 5) is 17.6. The zero-order valence-corrected chi connectivity index (χ0v) is 16.9. The number of amides is 1. The summed E-state index contributed by atoms with van der Waals surface area (Å²) in [5.74, 6) is 0.634. The molecular weight excluding hydrogens is 362 g/mol. The van der Waals surface area contributed by atoms with Gasteiger partial charge in [-0.3, -0.25) is 4.79 Å². The van der Waals surface area contributed by atoms with E-state index in [2.05, 4.69) is 60.1 Å². The molecule has 0 aliphatic carbocycles. The highest BCUT2D eigenvalue weighted by molar-refractivity contribution is 5.92. The Labute approximate surface area is 172 Å². The molecule has 5 heteroatoms. The molecule has 3 rings (SSSR count). The molecule has 0 fully saturated rings. The number of rotatable bonds is 9. The number of pyridine rings is 1. The van der Waals surface area contributed by atoms with Crippen molar-refractivity contribution >= 4 is 11.6 Å². The molecule has 1 unspecified atom stereocenters. The molecule has 150 valence electrons. The maximum absolute atomic E-state index is 11.1. The van der Waals surface area contributed by atoms with E-state index in [1.54, 1.807) is 12.1 Å². The van der Waals surface area contributed by atoms with Crippen molar-refractivity contribution < 1.29 is 9.53 Å². The number of carbonyl (C=O) groups excluding carboxylic acids is 1. The van der Waals surface area contributed by atoms with Crippen molar-refractivity contribution in [3.05, 3.63) is 84.1 Å². The monoisotopic (exact) mass is 389 g/mol. The molecule has 3 aromatic rings. The Morgan fingerprint density at radius 1 is 1.07 bits per heavy atom. The minimum atomic E-state index is -0.503. The van der Waals surface area contributed by atoms with Crippen molar-refractivity contribution in [1.29, 1.82) is 0 Å². The maximum atomic E-state index is 11.1. The first-order valence-corrected chi connectivity index (χ1v) is 9.91. The Morgan fingerprint density at radius 3 is 2.38 bits per heavy atom. The number of hydrogen-bond donors (Lipinski definition) is 1. The summed E-state index contributed by atoms with van der Waals surface area (Å²) in [6.07, 6.45) is 3.48. The quantitative estimate of drug-likeness (QED) is 0.570. The summed E-state index contributed by atoms with van der Waals surface area (Å²) in [7, 11) is 0. The van der Waals surface area contributed by atoms with Crippen LogP contribution in [0.15, 0.2) is 72.9 Å². The van der Waals surface area contributed by atoms with Crippen LogP contribution in [0.2, 0.25) is 0 Å². The van der Waals surface area contributed by atoms with Crippen LogP contribution < -0.4 is 15.4 Å². The van der Waals surface area contributed by atoms with E-state index in [-0.39, 0.29) is 0 Å². The number of hydrogen-bond acceptors (Lipinski definition) is 4. The highest BCUT2D eigenvalue weighted by Gasteiger charge is 2.12. The minimum Gasteiger partial charge on any atom is -0.439 e. The summed E-state index contributed by atoms with van der Waals surface area (Å²) in [6, 6.07) is 22.3. The van der Waals surface area contributed by atoms with Crippen LogP contribution in [-0.4, -0.2) is 23.5 Å². The number of para-hydroxylation sites is 1. The number of benzene rings is 2. The van der Waals surface area contributed by atoms with E-state index in [0.29, 0.717) is 23.2 Å². The van der Waals surface area contributed by atoms with Crippen molar-refractivity contribution in [3.63, 3.8) is 0 Å². The third-order valence-electron chi connectivity index (χ3n) is 4.98. The van der Waals surface area contributed by atoms with Gasteiger partial charge in [-0.2, -0.15) is 0 Å². The number of aromatic nitrogens is 1. The van der Waals surface area contributed by atoms with Gasteiger partial charge in [-0.05, 0) is 62.6 Å². The molecule has 1 aromatic heterocycles. The van der Waals surface area contributed by atoms with E-state index in [4.69, 9.17) is 10.5 Å². The van der Waals surface area contributed by atoms with Gasteiger partial charge in [-0.1, -0.05) is 30.3 Å². The molecule has 0 spiro atoms. The van der Waals surface area contributed by atoms with Crippen LogP contribution in [0, 0.1) is 0 Å². The molecule has 1 amide bonds. The number of anilines is 1. The second-order valence-corrected chi connectivity index (χ2v) is 7.00. The Hall–Kier alpha value is -3.34. The van der Waals surface area contributed by atoms with Gasteiger partial charge in [-0.15, -0.1) is 0 Å². The normalized spacial score (nSPS) is 11.7. The third kappa shape index (κ3) is 5.57. The summed E-state index contributed by atoms with van der Waals surface area (Å²) in [6.45, 7) is 5.45. The average molecular weight is 389 g/mol. The number of carbonyl (C=O) groups is 1. The van der Waals surface area contributed by atoms with Crippen molar-refractivity contribution in [3.8, 4) is 11.6 Å². The van der Waals surface area contributed by atoms with Gasteiger partial charge < -0.3 is 15.4 Å². The molecular formula is C24H27N3O2. The van der Waals surface area contributed by atoms with Gasteiger partial charge in [0.05, 0.1) is 5.56 Å². The molecule has 0 bridgehead atoms. The Morgan fingerprint density at radius 2 is 1.79 bits per heavy atom. The van der Waals surface area contributed by atoms with Gasteiger partial charge in [0.15, 0.2) is 0 Å². The van der Waals surface area contributed by atoms with E-state index in [0.717, 1.165) is 19.4 Å². The maximum Gasteiger partial charge on any atom is 0.250 e. The molecule has 29 heavy (non-hydrogen) atoms. The van der Waals surface area contributed by atoms with Gasteiger partial charge in [-0.25, -0.2) is 4.98 Å². The van der Waals surface area contributed by atoms with Crippen molar-refractivity contribution in [2.75, 3.05) is 11.4 Å². The molecule has 0 aliphatic heterocycles. The van der Waals surface area contributed by atoms with Crippen molar-refractivity contribution in [2.24, 2.45) is 5.73 Å². The zero-order chi connectivity index (χ0) is 20.6. The first-order valence-electron chi connectivity index (χ1n) is 9.91. The molecule has 5 nitrogen and oxygen atoms in total. The highest BCUT2D eigenvalue weighted by atomic mass is 16.5. The second-order valence-electron chi connectivity index (χ2n) is 7.00. The van der Waals surface area contributed by atoms with Gasteiger partial charge in [0.1, 0.15) is 5.75 Å². The standard InChI is InChI=1S/C24H27N3O2/c1-3-27(21-7-5-4-6-8-21)18(2)9-10-19-11-14-22(15-12-19)29-23-16-13-20(17-26-23)24(25)28/h4-8,11-18H,3,9-10H2,1-2H3,(H2,25,28). The van der Waals surface area contributed by atoms with Crippen LogP contribution in [0.25, 0.3) is 0 Å². The van der Waals surface area contributed by atoms with Gasteiger partial charge in [0.25, 0.3) is 0 Å². The fraction of sp³-hybridized carbons (Fsp3) is 0.250. The van der Waals surface area contributed by atoms with Crippen LogP contribution in [0.4, 0.5) is 5.69 Å². The van der Waals surface area contributed by atoms with Crippen LogP contribution in [0.3, 0.4) is 0 Å². The lowest BCUT2D eigenvalue weighted by Crippen LogP contribution is -2.33. The lowest BCUT2D eigenvalue weighted by molar-refractivity contribution is 0.1000. The first-order chi connectivity index (χ1) is 14.1. The number of nitrogens with two attached hydrogens (primary N) is 1. The molecule has 2 aromatic carbocycles. The van der Waals surface area contributed by atoms with Gasteiger partial charge >= 0.3 is 0 Å². The first kappa shape index (κ1) is 20.4. The van der Waals surface area contributed by atoms with E-state index in [1.165, 1.54) is 17.4 Å². The van der Waals surface area contributed by atoms with Crippen molar-refractivity contribution in [1.82, 2.24) is 4.98 Å². The predicted molar refractivity (Wildman–Crippen MR) is 117 cm³/mol. The fourth-order valence-corrected chi connectivity index (χ4v) is 3.33. The molecule has 0 saturated carbocycles. The third-order valence-corrected chi connectivity index (χ3v) is 4.98. The molecule has 2 N–H and O–H groups in total. The molecule has 0 saturated heterocycles. The Bertz CT molecular complexity index is 909. The topological polar surface area (TPSA) is 68.5 Å². The van der Waals surface area contributed by atoms with Crippen molar-refractivity contribution in [2.45, 2.75) is 32.7 Å². The number of ether oxygens (including phenoxy) is 1. The molecule has 0 radical (unpaired) electrons. The minimum absolute atomic E-state index is 0.360. The van der Waals surface area contributed by atoms with E-state index >= 15 is 0 Å². The summed E-state index contributed by atoms with van der Waals surface area (Å²) < 4.78 is 5.74. The Kier molecular flexibility index (Phi) is 6.85. The fourth-order valence-electron chi connectivity index (χ4n) is 3.33. The largest absolute Gasteiger partial charge is 0.439 e. The van der Waals surface area contributed by atoms with Crippen LogP contribution in [0.5, 0.6) is 11.6 Å². The van der Waals surface area contributed by atoms with Crippen LogP contribution in [-0.2, 0) is 6.42 Å². The lowest BCUT2D eigenvalue weighted by atomic mass is 10.0. The van der Waals surface area contributed by atoms with E-state index in [1.807, 2.05) is 18.2 Å². The Balaban J connectivity index is 1.55. The van der Waals surface area contributed by atoms with E-state index in [9.17, 15) is 4.79 Å². The second kappa shape index (κ2) is 9.73. The number of aryl methyl sites for hydroxylation is 1. The summed E-state index contributed by atoms with van der Waals surface area (Å²) in [5, 5.41) is 0. The van der Waals surface area contributed by atoms with Gasteiger partial charge in [0, 0.05) is 30.5 Å². The highest BCUT2D eigenvalue weighted by Crippen LogP contribution is 2.22. The smallest absolute Gasteiger partial charge is 0.250 e. The SMILES string of the molecule is CCN(c1ccccc1)C(C)CCc1ccc(Oc2ccc(C(N)=O)cn2)cc1. The zero-order valence-electron chi connectivity index (χ0n) is 16.9. The molecule has 0 aliphatic rings. The summed E-state index contributed by atoms with van der Waals surface area (Å²) in [5.41, 5.74) is 8.11. The molecule has 1 atom stereocenters. The van der Waals surface area contributed by atoms with E-state index < -0.39 is 5.91 Å². The average Bonchev–Trinajstić information content (AvgIpc) is 2.75. The summed E-state index contributed by atoms with van der Waals surface area (Å²) >= 11 is 0. The number of nitrogens with zero attached hydrogens (tertiary/aromatic N) is 2. The molecule has 1 heterocycles. The number of primary amides is 1. The predicted octanol–water partition coefficient (Wildman–Crippen LogP) is 4.82. The van der Waals surface area contributed by atoms with Crippen LogP contribution >= 0.6 is 0 Å².